The van der Waals surface area contributed by atoms with Gasteiger partial charge >= 0.3 is 0 Å². The molecule has 3 rings (SSSR count). The van der Waals surface area contributed by atoms with Crippen molar-refractivity contribution in [1.29, 1.82) is 0 Å². The molecule has 0 bridgehead atoms. The standard InChI is InChI=1S/C14H9Cl2NO5/c15-6-1-2-7(8(16)5-6)13-11(20)12(21)14(22-13)17-9(18)3-4-10(17)19/h1-2,5,20-21H,3-4H2. The van der Waals surface area contributed by atoms with E-state index < -0.39 is 29.2 Å². The average Bonchev–Trinajstić information content (AvgIpc) is 2.93. The number of benzene rings is 1. The lowest BCUT2D eigenvalue weighted by atomic mass is 10.1. The van der Waals surface area contributed by atoms with Crippen LogP contribution in [-0.4, -0.2) is 22.0 Å². The second kappa shape index (κ2) is 5.23. The summed E-state index contributed by atoms with van der Waals surface area (Å²) in [6.07, 6.45) is 0.0491. The van der Waals surface area contributed by atoms with Crippen molar-refractivity contribution in [3.63, 3.8) is 0 Å². The molecule has 1 aromatic heterocycles. The van der Waals surface area contributed by atoms with Crippen LogP contribution in [0.4, 0.5) is 5.88 Å². The summed E-state index contributed by atoms with van der Waals surface area (Å²) >= 11 is 11.8. The average molecular weight is 342 g/mol. The Morgan fingerprint density at radius 2 is 1.68 bits per heavy atom. The Morgan fingerprint density at radius 1 is 1.05 bits per heavy atom. The highest BCUT2D eigenvalue weighted by Crippen LogP contribution is 2.49. The molecule has 1 aromatic carbocycles. The summed E-state index contributed by atoms with van der Waals surface area (Å²) in [5, 5.41) is 20.5. The molecular formula is C14H9Cl2NO5. The smallest absolute Gasteiger partial charge is 0.256 e. The van der Waals surface area contributed by atoms with Crippen molar-refractivity contribution in [2.45, 2.75) is 12.8 Å². The quantitative estimate of drug-likeness (QED) is 0.817. The Bertz CT molecular complexity index is 783. The molecule has 22 heavy (non-hydrogen) atoms. The Morgan fingerprint density at radius 3 is 2.27 bits per heavy atom. The van der Waals surface area contributed by atoms with Gasteiger partial charge < -0.3 is 14.6 Å². The molecule has 0 unspecified atom stereocenters. The van der Waals surface area contributed by atoms with E-state index >= 15 is 0 Å². The minimum Gasteiger partial charge on any atom is -0.502 e. The van der Waals surface area contributed by atoms with Gasteiger partial charge in [0, 0.05) is 23.4 Å². The van der Waals surface area contributed by atoms with Crippen LogP contribution in [0.5, 0.6) is 11.5 Å². The molecule has 0 aliphatic carbocycles. The number of rotatable bonds is 2. The maximum atomic E-state index is 11.7. The zero-order valence-corrected chi connectivity index (χ0v) is 12.5. The fourth-order valence-electron chi connectivity index (χ4n) is 2.21. The predicted octanol–water partition coefficient (Wildman–Crippen LogP) is 3.32. The van der Waals surface area contributed by atoms with Crippen LogP contribution in [-0.2, 0) is 9.59 Å². The molecule has 0 spiro atoms. The van der Waals surface area contributed by atoms with E-state index in [0.29, 0.717) is 9.92 Å². The van der Waals surface area contributed by atoms with E-state index in [-0.39, 0.29) is 29.2 Å². The van der Waals surface area contributed by atoms with Crippen LogP contribution in [0.3, 0.4) is 0 Å². The normalized spacial score (nSPS) is 14.9. The summed E-state index contributed by atoms with van der Waals surface area (Å²) in [4.78, 5) is 24.1. The zero-order chi connectivity index (χ0) is 16.0. The highest BCUT2D eigenvalue weighted by atomic mass is 35.5. The highest BCUT2D eigenvalue weighted by molar-refractivity contribution is 6.36. The lowest BCUT2D eigenvalue weighted by Crippen LogP contribution is -2.28. The van der Waals surface area contributed by atoms with E-state index in [1.54, 1.807) is 0 Å². The second-order valence-corrected chi connectivity index (χ2v) is 5.52. The molecule has 0 saturated carbocycles. The van der Waals surface area contributed by atoms with Crippen molar-refractivity contribution in [1.82, 2.24) is 0 Å². The Labute approximate surface area is 134 Å². The number of carbonyl (C=O) groups is 2. The highest BCUT2D eigenvalue weighted by Gasteiger charge is 2.37. The SMILES string of the molecule is O=C1CCC(=O)N1c1oc(-c2ccc(Cl)cc2Cl)c(O)c1O. The molecule has 6 nitrogen and oxygen atoms in total. The van der Waals surface area contributed by atoms with Crippen LogP contribution < -0.4 is 4.90 Å². The summed E-state index contributed by atoms with van der Waals surface area (Å²) in [5.41, 5.74) is 0.268. The molecule has 1 saturated heterocycles. The third kappa shape index (κ3) is 2.20. The number of amides is 2. The maximum absolute atomic E-state index is 11.7. The van der Waals surface area contributed by atoms with Gasteiger partial charge in [0.1, 0.15) is 0 Å². The molecule has 1 aliphatic rings. The molecule has 1 fully saturated rings. The topological polar surface area (TPSA) is 91.0 Å². The fraction of sp³-hybridized carbons (Fsp3) is 0.143. The van der Waals surface area contributed by atoms with Crippen molar-refractivity contribution in [2.24, 2.45) is 0 Å². The molecule has 2 heterocycles. The molecule has 114 valence electrons. The number of hydrogen-bond acceptors (Lipinski definition) is 5. The van der Waals surface area contributed by atoms with Gasteiger partial charge in [0.15, 0.2) is 5.76 Å². The van der Waals surface area contributed by atoms with Crippen LogP contribution >= 0.6 is 23.2 Å². The summed E-state index contributed by atoms with van der Waals surface area (Å²) < 4.78 is 5.33. The monoisotopic (exact) mass is 341 g/mol. The van der Waals surface area contributed by atoms with E-state index in [4.69, 9.17) is 27.6 Å². The van der Waals surface area contributed by atoms with Crippen molar-refractivity contribution in [3.05, 3.63) is 28.2 Å². The molecule has 2 amide bonds. The molecule has 0 radical (unpaired) electrons. The number of aromatic hydroxyl groups is 2. The van der Waals surface area contributed by atoms with Gasteiger partial charge in [-0.1, -0.05) is 23.2 Å². The third-order valence-electron chi connectivity index (χ3n) is 3.27. The third-order valence-corrected chi connectivity index (χ3v) is 3.82. The van der Waals surface area contributed by atoms with E-state index in [1.165, 1.54) is 18.2 Å². The molecule has 2 N–H and O–H groups in total. The summed E-state index contributed by atoms with van der Waals surface area (Å²) in [7, 11) is 0. The van der Waals surface area contributed by atoms with Crippen molar-refractivity contribution in [2.75, 3.05) is 4.90 Å². The Balaban J connectivity index is 2.14. The molecule has 1 aliphatic heterocycles. The first-order valence-corrected chi connectivity index (χ1v) is 7.01. The van der Waals surface area contributed by atoms with Gasteiger partial charge in [0.25, 0.3) is 5.88 Å². The second-order valence-electron chi connectivity index (χ2n) is 4.68. The Hall–Kier alpha value is -2.18. The fourth-order valence-corrected chi connectivity index (χ4v) is 2.71. The van der Waals surface area contributed by atoms with Gasteiger partial charge in [-0.25, -0.2) is 4.90 Å². The van der Waals surface area contributed by atoms with Crippen molar-refractivity contribution < 1.29 is 24.2 Å². The number of carbonyl (C=O) groups excluding carboxylic acids is 2. The van der Waals surface area contributed by atoms with Crippen LogP contribution in [0, 0.1) is 0 Å². The minimum atomic E-state index is -0.690. The van der Waals surface area contributed by atoms with Crippen LogP contribution in [0.2, 0.25) is 10.0 Å². The number of imide groups is 1. The predicted molar refractivity (Wildman–Crippen MR) is 79.2 cm³/mol. The number of nitrogens with zero attached hydrogens (tertiary/aromatic N) is 1. The largest absolute Gasteiger partial charge is 0.502 e. The number of hydrogen-bond donors (Lipinski definition) is 2. The van der Waals surface area contributed by atoms with Crippen LogP contribution in [0.1, 0.15) is 12.8 Å². The lowest BCUT2D eigenvalue weighted by molar-refractivity contribution is -0.121. The molecular weight excluding hydrogens is 333 g/mol. The van der Waals surface area contributed by atoms with Crippen molar-refractivity contribution >= 4 is 40.9 Å². The van der Waals surface area contributed by atoms with Gasteiger partial charge in [-0.2, -0.15) is 0 Å². The summed E-state index contributed by atoms with van der Waals surface area (Å²) in [5.74, 6) is -2.88. The molecule has 0 atom stereocenters. The number of halogens is 2. The minimum absolute atomic E-state index is 0.0246. The maximum Gasteiger partial charge on any atom is 0.256 e. The van der Waals surface area contributed by atoms with Gasteiger partial charge in [0.05, 0.1) is 5.02 Å². The summed E-state index contributed by atoms with van der Waals surface area (Å²) in [6.45, 7) is 0. The van der Waals surface area contributed by atoms with E-state index in [0.717, 1.165) is 0 Å². The van der Waals surface area contributed by atoms with Gasteiger partial charge in [-0.05, 0) is 18.2 Å². The Kier molecular flexibility index (Phi) is 3.50. The van der Waals surface area contributed by atoms with E-state index in [1.807, 2.05) is 0 Å². The summed E-state index contributed by atoms with van der Waals surface area (Å²) in [6, 6.07) is 4.44. The van der Waals surface area contributed by atoms with E-state index in [9.17, 15) is 19.8 Å². The van der Waals surface area contributed by atoms with Crippen molar-refractivity contribution in [3.8, 4) is 22.8 Å². The molecule has 8 heteroatoms. The van der Waals surface area contributed by atoms with E-state index in [2.05, 4.69) is 0 Å². The van der Waals surface area contributed by atoms with Gasteiger partial charge in [-0.15, -0.1) is 0 Å². The first-order valence-electron chi connectivity index (χ1n) is 6.26. The van der Waals surface area contributed by atoms with Crippen LogP contribution in [0.25, 0.3) is 11.3 Å². The van der Waals surface area contributed by atoms with Gasteiger partial charge in [0.2, 0.25) is 23.3 Å². The lowest BCUT2D eigenvalue weighted by Gasteiger charge is -2.09. The van der Waals surface area contributed by atoms with Crippen LogP contribution in [0.15, 0.2) is 22.6 Å². The van der Waals surface area contributed by atoms with Gasteiger partial charge in [-0.3, -0.25) is 9.59 Å². The zero-order valence-electron chi connectivity index (χ0n) is 11.0. The number of anilines is 1. The molecule has 2 aromatic rings. The first kappa shape index (κ1) is 14.7. The number of furan rings is 1. The first-order chi connectivity index (χ1) is 10.4.